The number of para-hydroxylation sites is 3. The van der Waals surface area contributed by atoms with Gasteiger partial charge >= 0.3 is 0 Å². The summed E-state index contributed by atoms with van der Waals surface area (Å²) in [6.07, 6.45) is 0. The first-order valence-electron chi connectivity index (χ1n) is 10.6. The summed E-state index contributed by atoms with van der Waals surface area (Å²) < 4.78 is 39.1. The van der Waals surface area contributed by atoms with Gasteiger partial charge in [-0.1, -0.05) is 53.5 Å². The molecule has 0 bridgehead atoms. The Labute approximate surface area is 218 Å². The van der Waals surface area contributed by atoms with Gasteiger partial charge in [-0.3, -0.25) is 9.52 Å². The largest absolute Gasteiger partial charge is 0.482 e. The molecule has 0 unspecified atom stereocenters. The second kappa shape index (κ2) is 11.3. The van der Waals surface area contributed by atoms with Gasteiger partial charge in [-0.05, 0) is 66.7 Å². The number of carbonyl (C=O) groups is 1. The summed E-state index contributed by atoms with van der Waals surface area (Å²) in [4.78, 5) is 12.4. The number of hydrogen-bond donors (Lipinski definition) is 2. The lowest BCUT2D eigenvalue weighted by Gasteiger charge is -2.13. The molecule has 0 atom stereocenters. The van der Waals surface area contributed by atoms with E-state index in [4.69, 9.17) is 32.7 Å². The zero-order valence-electron chi connectivity index (χ0n) is 18.7. The normalized spacial score (nSPS) is 10.9. The third kappa shape index (κ3) is 6.69. The topological polar surface area (TPSA) is 93.7 Å². The Kier molecular flexibility index (Phi) is 8.00. The van der Waals surface area contributed by atoms with Crippen LogP contribution in [0.15, 0.2) is 102 Å². The fourth-order valence-corrected chi connectivity index (χ4v) is 4.61. The van der Waals surface area contributed by atoms with Gasteiger partial charge in [-0.25, -0.2) is 8.42 Å². The van der Waals surface area contributed by atoms with Crippen LogP contribution in [0, 0.1) is 0 Å². The molecule has 4 aromatic rings. The number of carbonyl (C=O) groups excluding carboxylic acids is 1. The summed E-state index contributed by atoms with van der Waals surface area (Å²) in [5.74, 6) is 0.808. The third-order valence-electron chi connectivity index (χ3n) is 4.80. The number of hydrogen-bond acceptors (Lipinski definition) is 5. The molecule has 36 heavy (non-hydrogen) atoms. The lowest BCUT2D eigenvalue weighted by Crippen LogP contribution is -2.20. The number of halogens is 2. The number of nitrogens with one attached hydrogen (secondary N) is 2. The van der Waals surface area contributed by atoms with Gasteiger partial charge in [0.05, 0.1) is 15.6 Å². The molecule has 184 valence electrons. The van der Waals surface area contributed by atoms with Crippen LogP contribution in [0.2, 0.25) is 10.0 Å². The van der Waals surface area contributed by atoms with E-state index in [9.17, 15) is 13.2 Å². The van der Waals surface area contributed by atoms with Crippen molar-refractivity contribution >= 4 is 50.5 Å². The highest BCUT2D eigenvalue weighted by Gasteiger charge is 2.17. The molecule has 10 heteroatoms. The first-order chi connectivity index (χ1) is 17.3. The maximum absolute atomic E-state index is 12.7. The summed E-state index contributed by atoms with van der Waals surface area (Å²) in [7, 11) is -3.89. The van der Waals surface area contributed by atoms with E-state index in [0.29, 0.717) is 27.9 Å². The SMILES string of the molecule is O=C(COc1ccc(S(=O)(=O)Nc2ccc(Cl)cc2)cc1Cl)Nc1ccccc1Oc1ccccc1. The van der Waals surface area contributed by atoms with Gasteiger partial charge in [0, 0.05) is 10.7 Å². The van der Waals surface area contributed by atoms with E-state index in [-0.39, 0.29) is 22.3 Å². The number of rotatable bonds is 9. The minimum Gasteiger partial charge on any atom is -0.482 e. The van der Waals surface area contributed by atoms with Gasteiger partial charge in [-0.2, -0.15) is 0 Å². The van der Waals surface area contributed by atoms with E-state index >= 15 is 0 Å². The Bertz CT molecular complexity index is 1460. The summed E-state index contributed by atoms with van der Waals surface area (Å²) in [6.45, 7) is -0.353. The van der Waals surface area contributed by atoms with E-state index in [0.717, 1.165) is 0 Å². The molecule has 0 saturated carbocycles. The molecule has 0 aliphatic heterocycles. The highest BCUT2D eigenvalue weighted by Crippen LogP contribution is 2.30. The number of sulfonamides is 1. The predicted molar refractivity (Wildman–Crippen MR) is 141 cm³/mol. The van der Waals surface area contributed by atoms with E-state index in [2.05, 4.69) is 10.0 Å². The summed E-state index contributed by atoms with van der Waals surface area (Å²) in [5.41, 5.74) is 0.819. The molecule has 0 aliphatic rings. The molecule has 4 rings (SSSR count). The smallest absolute Gasteiger partial charge is 0.262 e. The molecule has 0 aromatic heterocycles. The van der Waals surface area contributed by atoms with Crippen molar-refractivity contribution in [2.24, 2.45) is 0 Å². The minimum absolute atomic E-state index is 0.0367. The zero-order valence-corrected chi connectivity index (χ0v) is 21.0. The van der Waals surface area contributed by atoms with Crippen LogP contribution in [0.1, 0.15) is 0 Å². The number of amides is 1. The van der Waals surface area contributed by atoms with Crippen molar-refractivity contribution in [2.45, 2.75) is 4.90 Å². The Hall–Kier alpha value is -3.72. The zero-order chi connectivity index (χ0) is 25.5. The Balaban J connectivity index is 1.38. The van der Waals surface area contributed by atoms with Gasteiger partial charge < -0.3 is 14.8 Å². The molecule has 0 saturated heterocycles. The molecule has 2 N–H and O–H groups in total. The van der Waals surface area contributed by atoms with Crippen LogP contribution >= 0.6 is 23.2 Å². The van der Waals surface area contributed by atoms with Crippen molar-refractivity contribution in [3.05, 3.63) is 107 Å². The van der Waals surface area contributed by atoms with Crippen molar-refractivity contribution in [2.75, 3.05) is 16.6 Å². The van der Waals surface area contributed by atoms with Crippen LogP contribution in [0.4, 0.5) is 11.4 Å². The third-order valence-corrected chi connectivity index (χ3v) is 6.73. The number of ether oxygens (including phenoxy) is 2. The van der Waals surface area contributed by atoms with Crippen molar-refractivity contribution < 1.29 is 22.7 Å². The van der Waals surface area contributed by atoms with Gasteiger partial charge in [0.25, 0.3) is 15.9 Å². The molecular formula is C26H20Cl2N2O5S. The highest BCUT2D eigenvalue weighted by atomic mass is 35.5. The highest BCUT2D eigenvalue weighted by molar-refractivity contribution is 7.92. The maximum Gasteiger partial charge on any atom is 0.262 e. The Morgan fingerprint density at radius 2 is 1.50 bits per heavy atom. The van der Waals surface area contributed by atoms with Crippen molar-refractivity contribution in [3.8, 4) is 17.2 Å². The van der Waals surface area contributed by atoms with Gasteiger partial charge in [-0.15, -0.1) is 0 Å². The summed E-state index contributed by atoms with van der Waals surface area (Å²) in [6, 6.07) is 26.4. The second-order valence-electron chi connectivity index (χ2n) is 7.45. The molecular weight excluding hydrogens is 523 g/mol. The summed E-state index contributed by atoms with van der Waals surface area (Å²) >= 11 is 12.1. The molecule has 1 amide bonds. The lowest BCUT2D eigenvalue weighted by atomic mass is 10.3. The Morgan fingerprint density at radius 1 is 0.806 bits per heavy atom. The fraction of sp³-hybridized carbons (Fsp3) is 0.0385. The molecule has 7 nitrogen and oxygen atoms in total. The quantitative estimate of drug-likeness (QED) is 0.248. The summed E-state index contributed by atoms with van der Waals surface area (Å²) in [5, 5.41) is 3.26. The number of anilines is 2. The maximum atomic E-state index is 12.7. The van der Waals surface area contributed by atoms with Gasteiger partial charge in [0.2, 0.25) is 0 Å². The molecule has 0 radical (unpaired) electrons. The molecule has 4 aromatic carbocycles. The van der Waals surface area contributed by atoms with Crippen LogP contribution in [0.3, 0.4) is 0 Å². The minimum atomic E-state index is -3.89. The average molecular weight is 543 g/mol. The van der Waals surface area contributed by atoms with E-state index in [1.807, 2.05) is 18.2 Å². The van der Waals surface area contributed by atoms with Gasteiger partial charge in [0.1, 0.15) is 11.5 Å². The molecule has 0 spiro atoms. The van der Waals surface area contributed by atoms with E-state index in [1.165, 1.54) is 18.2 Å². The predicted octanol–water partition coefficient (Wildman–Crippen LogP) is 6.60. The second-order valence-corrected chi connectivity index (χ2v) is 9.98. The lowest BCUT2D eigenvalue weighted by molar-refractivity contribution is -0.118. The number of benzene rings is 4. The van der Waals surface area contributed by atoms with E-state index in [1.54, 1.807) is 60.7 Å². The first-order valence-corrected chi connectivity index (χ1v) is 12.9. The fourth-order valence-electron chi connectivity index (χ4n) is 3.10. The molecule has 0 heterocycles. The van der Waals surface area contributed by atoms with Crippen molar-refractivity contribution in [1.29, 1.82) is 0 Å². The Morgan fingerprint density at radius 3 is 2.22 bits per heavy atom. The van der Waals surface area contributed by atoms with Crippen LogP contribution in [0.25, 0.3) is 0 Å². The monoisotopic (exact) mass is 542 g/mol. The average Bonchev–Trinajstić information content (AvgIpc) is 2.86. The van der Waals surface area contributed by atoms with Crippen LogP contribution in [-0.2, 0) is 14.8 Å². The van der Waals surface area contributed by atoms with Gasteiger partial charge in [0.15, 0.2) is 12.4 Å². The van der Waals surface area contributed by atoms with Crippen LogP contribution < -0.4 is 19.5 Å². The van der Waals surface area contributed by atoms with E-state index < -0.39 is 15.9 Å². The van der Waals surface area contributed by atoms with Crippen molar-refractivity contribution in [3.63, 3.8) is 0 Å². The van der Waals surface area contributed by atoms with Crippen molar-refractivity contribution in [1.82, 2.24) is 0 Å². The first kappa shape index (κ1) is 25.4. The standard InChI is InChI=1S/C26H20Cl2N2O5S/c27-18-10-12-19(13-11-18)30-36(32,33)21-14-15-24(22(28)16-21)34-17-26(31)29-23-8-4-5-9-25(23)35-20-6-2-1-3-7-20/h1-16,30H,17H2,(H,29,31). The molecule has 0 fully saturated rings. The van der Waals surface area contributed by atoms with Crippen LogP contribution in [-0.4, -0.2) is 20.9 Å². The van der Waals surface area contributed by atoms with Crippen LogP contribution in [0.5, 0.6) is 17.2 Å². The molecule has 0 aliphatic carbocycles.